The van der Waals surface area contributed by atoms with Crippen LogP contribution in [-0.2, 0) is 28.5 Å². The van der Waals surface area contributed by atoms with Crippen molar-refractivity contribution < 1.29 is 28.5 Å². The Morgan fingerprint density at radius 3 is 2.50 bits per heavy atom. The van der Waals surface area contributed by atoms with Crippen molar-refractivity contribution in [3.63, 3.8) is 0 Å². The number of hydrogen-bond acceptors (Lipinski definition) is 6. The summed E-state index contributed by atoms with van der Waals surface area (Å²) in [4.78, 5) is 23.3. The van der Waals surface area contributed by atoms with Gasteiger partial charge in [0.25, 0.3) is 0 Å². The second kappa shape index (κ2) is 7.24. The highest BCUT2D eigenvalue weighted by Crippen LogP contribution is 2.39. The van der Waals surface area contributed by atoms with E-state index in [0.717, 1.165) is 19.3 Å². The molecule has 6 heteroatoms. The molecule has 0 saturated carbocycles. The van der Waals surface area contributed by atoms with Crippen molar-refractivity contribution in [3.8, 4) is 0 Å². The van der Waals surface area contributed by atoms with Crippen LogP contribution in [0.2, 0.25) is 0 Å². The van der Waals surface area contributed by atoms with Crippen molar-refractivity contribution >= 4 is 11.9 Å². The van der Waals surface area contributed by atoms with E-state index in [9.17, 15) is 9.59 Å². The number of carbonyl (C=O) groups is 2. The van der Waals surface area contributed by atoms with Crippen molar-refractivity contribution in [3.05, 3.63) is 12.2 Å². The van der Waals surface area contributed by atoms with Crippen LogP contribution in [0.3, 0.4) is 0 Å². The Labute approximate surface area is 131 Å². The van der Waals surface area contributed by atoms with Crippen LogP contribution in [0.25, 0.3) is 0 Å². The molecule has 0 aromatic heterocycles. The first-order valence-electron chi connectivity index (χ1n) is 7.53. The maximum atomic E-state index is 11.9. The lowest BCUT2D eigenvalue weighted by Crippen LogP contribution is -2.56. The summed E-state index contributed by atoms with van der Waals surface area (Å²) >= 11 is 0. The smallest absolute Gasteiger partial charge is 0.336 e. The number of ether oxygens (including phenoxy) is 4. The lowest BCUT2D eigenvalue weighted by atomic mass is 10.1. The van der Waals surface area contributed by atoms with Gasteiger partial charge >= 0.3 is 17.7 Å². The van der Waals surface area contributed by atoms with Crippen LogP contribution < -0.4 is 0 Å². The van der Waals surface area contributed by atoms with Gasteiger partial charge in [0.1, 0.15) is 0 Å². The molecule has 22 heavy (non-hydrogen) atoms. The fraction of sp³-hybridized carbons (Fsp3) is 0.750. The summed E-state index contributed by atoms with van der Waals surface area (Å²) in [5.74, 6) is -4.31. The Balaban J connectivity index is 2.93. The Bertz CT molecular complexity index is 446. The molecule has 0 aliphatic carbocycles. The molecular formula is C16H26O6. The minimum Gasteiger partial charge on any atom is -0.417 e. The normalized spacial score (nSPS) is 27.0. The van der Waals surface area contributed by atoms with Crippen LogP contribution in [0.1, 0.15) is 53.9 Å². The number of hydrogen-bond donors (Lipinski definition) is 0. The Kier molecular flexibility index (Phi) is 6.14. The monoisotopic (exact) mass is 314 g/mol. The Morgan fingerprint density at radius 2 is 2.00 bits per heavy atom. The molecular weight excluding hydrogens is 288 g/mol. The third kappa shape index (κ3) is 4.30. The third-order valence-electron chi connectivity index (χ3n) is 3.62. The molecule has 0 spiro atoms. The molecule has 0 amide bonds. The fourth-order valence-corrected chi connectivity index (χ4v) is 2.19. The molecule has 1 aliphatic heterocycles. The van der Waals surface area contributed by atoms with Gasteiger partial charge in [0.05, 0.1) is 12.7 Å². The first-order chi connectivity index (χ1) is 10.1. The highest BCUT2D eigenvalue weighted by atomic mass is 16.8. The van der Waals surface area contributed by atoms with E-state index >= 15 is 0 Å². The highest BCUT2D eigenvalue weighted by Gasteiger charge is 2.58. The van der Waals surface area contributed by atoms with E-state index < -0.39 is 23.5 Å². The van der Waals surface area contributed by atoms with E-state index in [1.807, 2.05) is 0 Å². The molecule has 1 rings (SSSR count). The zero-order valence-electron chi connectivity index (χ0n) is 14.1. The summed E-state index contributed by atoms with van der Waals surface area (Å²) < 4.78 is 22.1. The van der Waals surface area contributed by atoms with Crippen LogP contribution in [0.15, 0.2) is 12.2 Å². The van der Waals surface area contributed by atoms with Crippen LogP contribution in [0, 0.1) is 0 Å². The maximum absolute atomic E-state index is 11.9. The van der Waals surface area contributed by atoms with E-state index in [2.05, 4.69) is 13.5 Å². The van der Waals surface area contributed by atoms with Crippen LogP contribution >= 0.6 is 0 Å². The molecule has 6 nitrogen and oxygen atoms in total. The van der Waals surface area contributed by atoms with Gasteiger partial charge in [0.15, 0.2) is 0 Å². The van der Waals surface area contributed by atoms with Gasteiger partial charge in [-0.1, -0.05) is 26.3 Å². The SMILES string of the molecule is C=C(C)C(=O)OC(C)(OC(C)=O)C1(C)OCC(CCCC)O1. The quantitative estimate of drug-likeness (QED) is 0.409. The second-order valence-corrected chi connectivity index (χ2v) is 5.85. The standard InChI is InChI=1S/C16H26O6/c1-7-8-9-13-10-19-15(5,21-13)16(6,20-12(4)17)22-14(18)11(2)3/h13H,2,7-10H2,1,3-6H3. The maximum Gasteiger partial charge on any atom is 0.336 e. The average molecular weight is 314 g/mol. The predicted molar refractivity (Wildman–Crippen MR) is 79.8 cm³/mol. The van der Waals surface area contributed by atoms with Gasteiger partial charge in [-0.25, -0.2) is 4.79 Å². The highest BCUT2D eigenvalue weighted by molar-refractivity contribution is 5.87. The van der Waals surface area contributed by atoms with Crippen LogP contribution in [0.4, 0.5) is 0 Å². The van der Waals surface area contributed by atoms with Crippen molar-refractivity contribution in [2.45, 2.75) is 71.6 Å². The molecule has 1 fully saturated rings. The average Bonchev–Trinajstić information content (AvgIpc) is 2.78. The summed E-state index contributed by atoms with van der Waals surface area (Å²) in [6, 6.07) is 0. The first kappa shape index (κ1) is 18.6. The molecule has 3 atom stereocenters. The largest absolute Gasteiger partial charge is 0.417 e. The molecule has 126 valence electrons. The van der Waals surface area contributed by atoms with Crippen molar-refractivity contribution in [1.82, 2.24) is 0 Å². The topological polar surface area (TPSA) is 71.1 Å². The van der Waals surface area contributed by atoms with E-state index in [1.54, 1.807) is 6.92 Å². The molecule has 0 aromatic carbocycles. The zero-order chi connectivity index (χ0) is 17.0. The summed E-state index contributed by atoms with van der Waals surface area (Å²) in [5, 5.41) is 0. The van der Waals surface area contributed by atoms with E-state index in [1.165, 1.54) is 20.8 Å². The van der Waals surface area contributed by atoms with Crippen molar-refractivity contribution in [2.24, 2.45) is 0 Å². The lowest BCUT2D eigenvalue weighted by molar-refractivity contribution is -0.343. The van der Waals surface area contributed by atoms with E-state index in [-0.39, 0.29) is 11.7 Å². The minimum atomic E-state index is -1.68. The number of carbonyl (C=O) groups excluding carboxylic acids is 2. The van der Waals surface area contributed by atoms with Gasteiger partial charge < -0.3 is 18.9 Å². The van der Waals surface area contributed by atoms with Gasteiger partial charge in [-0.05, 0) is 20.3 Å². The van der Waals surface area contributed by atoms with Crippen LogP contribution in [0.5, 0.6) is 0 Å². The zero-order valence-corrected chi connectivity index (χ0v) is 14.1. The molecule has 0 bridgehead atoms. The Hall–Kier alpha value is -1.40. The summed E-state index contributed by atoms with van der Waals surface area (Å²) in [5.41, 5.74) is 0.197. The Morgan fingerprint density at radius 1 is 1.36 bits per heavy atom. The second-order valence-electron chi connectivity index (χ2n) is 5.85. The van der Waals surface area contributed by atoms with Crippen molar-refractivity contribution in [2.75, 3.05) is 6.61 Å². The van der Waals surface area contributed by atoms with Gasteiger partial charge in [-0.2, -0.15) is 0 Å². The summed E-state index contributed by atoms with van der Waals surface area (Å²) in [7, 11) is 0. The van der Waals surface area contributed by atoms with E-state index in [4.69, 9.17) is 18.9 Å². The van der Waals surface area contributed by atoms with Gasteiger partial charge in [0, 0.05) is 19.4 Å². The molecule has 0 aromatic rings. The lowest BCUT2D eigenvalue weighted by Gasteiger charge is -2.39. The summed E-state index contributed by atoms with van der Waals surface area (Å²) in [6.07, 6.45) is 2.75. The van der Waals surface area contributed by atoms with Crippen LogP contribution in [-0.4, -0.2) is 36.2 Å². The fourth-order valence-electron chi connectivity index (χ4n) is 2.19. The number of esters is 2. The van der Waals surface area contributed by atoms with Gasteiger partial charge in [0.2, 0.25) is 5.79 Å². The van der Waals surface area contributed by atoms with Gasteiger partial charge in [-0.15, -0.1) is 0 Å². The molecule has 1 aliphatic rings. The molecule has 1 heterocycles. The van der Waals surface area contributed by atoms with Gasteiger partial charge in [-0.3, -0.25) is 4.79 Å². The number of unbranched alkanes of at least 4 members (excludes halogenated alkanes) is 1. The molecule has 0 radical (unpaired) electrons. The summed E-state index contributed by atoms with van der Waals surface area (Å²) in [6.45, 7) is 11.8. The first-order valence-corrected chi connectivity index (χ1v) is 7.53. The molecule has 0 N–H and O–H groups in total. The van der Waals surface area contributed by atoms with Crippen molar-refractivity contribution in [1.29, 1.82) is 0 Å². The number of rotatable bonds is 7. The predicted octanol–water partition coefficient (Wildman–Crippen LogP) is 2.71. The van der Waals surface area contributed by atoms with E-state index in [0.29, 0.717) is 6.61 Å². The third-order valence-corrected chi connectivity index (χ3v) is 3.62. The molecule has 3 unspecified atom stereocenters. The molecule has 1 saturated heterocycles. The minimum absolute atomic E-state index is 0.122.